The Morgan fingerprint density at radius 2 is 1.78 bits per heavy atom. The van der Waals surface area contributed by atoms with Gasteiger partial charge in [-0.05, 0) is 19.1 Å². The maximum atomic E-state index is 10.9. The molecular formula is C18H22N3O2+. The first-order valence-corrected chi connectivity index (χ1v) is 8.04. The lowest BCUT2D eigenvalue weighted by atomic mass is 10.1. The highest BCUT2D eigenvalue weighted by Crippen LogP contribution is 2.18. The lowest BCUT2D eigenvalue weighted by Gasteiger charge is -2.36. The smallest absolute Gasteiger partial charge is 0.269 e. The molecule has 0 spiro atoms. The van der Waals surface area contributed by atoms with E-state index in [9.17, 15) is 10.1 Å². The predicted octanol–water partition coefficient (Wildman–Crippen LogP) is 2.06. The zero-order valence-corrected chi connectivity index (χ0v) is 13.3. The van der Waals surface area contributed by atoms with Gasteiger partial charge < -0.3 is 9.80 Å². The Labute approximate surface area is 136 Å². The highest BCUT2D eigenvalue weighted by atomic mass is 16.6. The largest absolute Gasteiger partial charge is 0.360 e. The van der Waals surface area contributed by atoms with Crippen molar-refractivity contribution in [3.8, 4) is 0 Å². The molecular weight excluding hydrogens is 290 g/mol. The van der Waals surface area contributed by atoms with E-state index >= 15 is 0 Å². The van der Waals surface area contributed by atoms with Crippen molar-refractivity contribution in [3.63, 3.8) is 0 Å². The van der Waals surface area contributed by atoms with E-state index in [1.165, 1.54) is 10.6 Å². The predicted molar refractivity (Wildman–Crippen MR) is 90.9 cm³/mol. The quantitative estimate of drug-likeness (QED) is 0.694. The van der Waals surface area contributed by atoms with Crippen LogP contribution in [0.5, 0.6) is 0 Å². The molecule has 120 valence electrons. The summed E-state index contributed by atoms with van der Waals surface area (Å²) in [5.74, 6) is 0. The number of piperazine rings is 1. The molecule has 1 atom stereocenters. The van der Waals surface area contributed by atoms with E-state index in [4.69, 9.17) is 0 Å². The van der Waals surface area contributed by atoms with Crippen molar-refractivity contribution in [2.45, 2.75) is 13.0 Å². The molecule has 0 aromatic heterocycles. The molecule has 0 bridgehead atoms. The Bertz CT molecular complexity index is 667. The summed E-state index contributed by atoms with van der Waals surface area (Å²) in [5.41, 5.74) is 2.49. The SMILES string of the molecule is C[C@@H](c1cccc([N+](=O)[O-])c1)[NH+]1CCN(c2ccccc2)CC1. The molecule has 2 aromatic rings. The van der Waals surface area contributed by atoms with Crippen molar-refractivity contribution in [3.05, 3.63) is 70.3 Å². The Hall–Kier alpha value is -2.40. The van der Waals surface area contributed by atoms with E-state index in [2.05, 4.69) is 36.1 Å². The number of hydrogen-bond donors (Lipinski definition) is 1. The molecule has 23 heavy (non-hydrogen) atoms. The first kappa shape index (κ1) is 15.5. The van der Waals surface area contributed by atoms with Crippen molar-refractivity contribution < 1.29 is 9.82 Å². The molecule has 5 nitrogen and oxygen atoms in total. The number of non-ortho nitro benzene ring substituents is 1. The van der Waals surface area contributed by atoms with Crippen LogP contribution in [-0.2, 0) is 0 Å². The van der Waals surface area contributed by atoms with Crippen molar-refractivity contribution >= 4 is 11.4 Å². The van der Waals surface area contributed by atoms with Crippen molar-refractivity contribution in [1.29, 1.82) is 0 Å². The van der Waals surface area contributed by atoms with Crippen LogP contribution < -0.4 is 9.80 Å². The number of nitro groups is 1. The highest BCUT2D eigenvalue weighted by Gasteiger charge is 2.26. The number of benzene rings is 2. The van der Waals surface area contributed by atoms with Crippen molar-refractivity contribution in [1.82, 2.24) is 0 Å². The summed E-state index contributed by atoms with van der Waals surface area (Å²) in [6, 6.07) is 17.8. The molecule has 0 amide bonds. The average molecular weight is 312 g/mol. The van der Waals surface area contributed by atoms with Gasteiger partial charge in [-0.15, -0.1) is 0 Å². The standard InChI is InChI=1S/C18H21N3O2/c1-15(16-6-5-9-18(14-16)21(22)23)19-10-12-20(13-11-19)17-7-3-2-4-8-17/h2-9,14-15H,10-13H2,1H3/p+1/t15-/m0/s1. The van der Waals surface area contributed by atoms with E-state index in [-0.39, 0.29) is 16.7 Å². The fraction of sp³-hybridized carbons (Fsp3) is 0.333. The number of anilines is 1. The summed E-state index contributed by atoms with van der Waals surface area (Å²) in [6.45, 7) is 6.27. The Morgan fingerprint density at radius 3 is 2.43 bits per heavy atom. The molecule has 1 fully saturated rings. The number of nitrogens with zero attached hydrogens (tertiary/aromatic N) is 2. The number of nitro benzene ring substituents is 1. The number of rotatable bonds is 4. The van der Waals surface area contributed by atoms with Gasteiger partial charge in [0, 0.05) is 23.4 Å². The van der Waals surface area contributed by atoms with Gasteiger partial charge in [0.15, 0.2) is 0 Å². The molecule has 1 saturated heterocycles. The lowest BCUT2D eigenvalue weighted by molar-refractivity contribution is -0.930. The molecule has 3 rings (SSSR count). The molecule has 0 saturated carbocycles. The lowest BCUT2D eigenvalue weighted by Crippen LogP contribution is -3.14. The van der Waals surface area contributed by atoms with Gasteiger partial charge in [-0.1, -0.05) is 30.3 Å². The minimum absolute atomic E-state index is 0.177. The van der Waals surface area contributed by atoms with Crippen LogP contribution in [0.4, 0.5) is 11.4 Å². The number of nitrogens with one attached hydrogen (secondary N) is 1. The number of hydrogen-bond acceptors (Lipinski definition) is 3. The van der Waals surface area contributed by atoms with Crippen LogP contribution in [0.3, 0.4) is 0 Å². The normalized spacial score (nSPS) is 17.0. The van der Waals surface area contributed by atoms with Crippen molar-refractivity contribution in [2.75, 3.05) is 31.1 Å². The Kier molecular flexibility index (Phi) is 4.57. The monoisotopic (exact) mass is 312 g/mol. The molecule has 1 N–H and O–H groups in total. The van der Waals surface area contributed by atoms with Gasteiger partial charge in [0.25, 0.3) is 5.69 Å². The van der Waals surface area contributed by atoms with Crippen LogP contribution in [0.15, 0.2) is 54.6 Å². The van der Waals surface area contributed by atoms with Crippen LogP contribution in [0.25, 0.3) is 0 Å². The van der Waals surface area contributed by atoms with Crippen LogP contribution >= 0.6 is 0 Å². The maximum Gasteiger partial charge on any atom is 0.269 e. The summed E-state index contributed by atoms with van der Waals surface area (Å²) in [4.78, 5) is 14.5. The van der Waals surface area contributed by atoms with E-state index in [1.807, 2.05) is 12.1 Å². The molecule has 1 heterocycles. The van der Waals surface area contributed by atoms with Crippen molar-refractivity contribution in [2.24, 2.45) is 0 Å². The summed E-state index contributed by atoms with van der Waals surface area (Å²) >= 11 is 0. The molecule has 0 aliphatic carbocycles. The van der Waals surface area contributed by atoms with Gasteiger partial charge in [-0.25, -0.2) is 0 Å². The third kappa shape index (κ3) is 3.51. The van der Waals surface area contributed by atoms with Crippen LogP contribution in [0, 0.1) is 10.1 Å². The second-order valence-electron chi connectivity index (χ2n) is 6.05. The summed E-state index contributed by atoms with van der Waals surface area (Å²) in [6.07, 6.45) is 0. The van der Waals surface area contributed by atoms with E-state index in [0.29, 0.717) is 0 Å². The maximum absolute atomic E-state index is 10.9. The summed E-state index contributed by atoms with van der Waals surface area (Å²) in [7, 11) is 0. The fourth-order valence-corrected chi connectivity index (χ4v) is 3.27. The second kappa shape index (κ2) is 6.79. The number of para-hydroxylation sites is 1. The number of quaternary nitrogens is 1. The average Bonchev–Trinajstić information content (AvgIpc) is 2.62. The third-order valence-corrected chi connectivity index (χ3v) is 4.72. The minimum Gasteiger partial charge on any atom is -0.360 e. The molecule has 5 heteroatoms. The fourth-order valence-electron chi connectivity index (χ4n) is 3.27. The highest BCUT2D eigenvalue weighted by molar-refractivity contribution is 5.46. The van der Waals surface area contributed by atoms with Gasteiger partial charge in [-0.2, -0.15) is 0 Å². The van der Waals surface area contributed by atoms with Crippen LogP contribution in [0.2, 0.25) is 0 Å². The Balaban J connectivity index is 1.65. The third-order valence-electron chi connectivity index (χ3n) is 4.72. The van der Waals surface area contributed by atoms with Gasteiger partial charge >= 0.3 is 0 Å². The van der Waals surface area contributed by atoms with Gasteiger partial charge in [0.2, 0.25) is 0 Å². The van der Waals surface area contributed by atoms with Crippen LogP contribution in [0.1, 0.15) is 18.5 Å². The van der Waals surface area contributed by atoms with Crippen LogP contribution in [-0.4, -0.2) is 31.1 Å². The first-order valence-electron chi connectivity index (χ1n) is 8.04. The molecule has 1 aliphatic heterocycles. The zero-order chi connectivity index (χ0) is 16.2. The summed E-state index contributed by atoms with van der Waals surface area (Å²) < 4.78 is 0. The molecule has 0 radical (unpaired) electrons. The zero-order valence-electron chi connectivity index (χ0n) is 13.3. The molecule has 0 unspecified atom stereocenters. The summed E-state index contributed by atoms with van der Waals surface area (Å²) in [5, 5.41) is 10.9. The van der Waals surface area contributed by atoms with E-state index in [1.54, 1.807) is 18.2 Å². The van der Waals surface area contributed by atoms with Gasteiger partial charge in [0.05, 0.1) is 31.1 Å². The molecule has 1 aliphatic rings. The Morgan fingerprint density at radius 1 is 1.09 bits per heavy atom. The minimum atomic E-state index is -0.321. The topological polar surface area (TPSA) is 50.8 Å². The van der Waals surface area contributed by atoms with Gasteiger partial charge in [0.1, 0.15) is 6.04 Å². The first-order chi connectivity index (χ1) is 11.1. The van der Waals surface area contributed by atoms with Gasteiger partial charge in [-0.3, -0.25) is 10.1 Å². The second-order valence-corrected chi connectivity index (χ2v) is 6.05. The van der Waals surface area contributed by atoms with E-state index in [0.717, 1.165) is 31.7 Å². The molecule has 2 aromatic carbocycles. The van der Waals surface area contributed by atoms with E-state index < -0.39 is 0 Å².